The lowest BCUT2D eigenvalue weighted by Crippen LogP contribution is -2.34. The number of hydrogen-bond donors (Lipinski definition) is 2. The zero-order valence-corrected chi connectivity index (χ0v) is 10.7. The first-order valence-corrected chi connectivity index (χ1v) is 6.07. The fourth-order valence-corrected chi connectivity index (χ4v) is 1.71. The number of rotatable bonds is 6. The zero-order valence-electron chi connectivity index (χ0n) is 10.7. The Morgan fingerprint density at radius 2 is 2.18 bits per heavy atom. The van der Waals surface area contributed by atoms with Crippen molar-refractivity contribution in [3.63, 3.8) is 0 Å². The largest absolute Gasteiger partial charge is 0.348 e. The van der Waals surface area contributed by atoms with Crippen molar-refractivity contribution in [3.05, 3.63) is 30.1 Å². The van der Waals surface area contributed by atoms with Crippen LogP contribution in [-0.2, 0) is 4.79 Å². The van der Waals surface area contributed by atoms with E-state index >= 15 is 0 Å². The molecule has 4 heteroatoms. The molecule has 0 fully saturated rings. The third-order valence-electron chi connectivity index (χ3n) is 2.55. The molecule has 1 heterocycles. The predicted octanol–water partition coefficient (Wildman–Crippen LogP) is 1.65. The monoisotopic (exact) mass is 235 g/mol. The lowest BCUT2D eigenvalue weighted by molar-refractivity contribution is -0.122. The van der Waals surface area contributed by atoms with E-state index in [1.165, 1.54) is 0 Å². The van der Waals surface area contributed by atoms with Crippen LogP contribution < -0.4 is 10.6 Å². The van der Waals surface area contributed by atoms with Crippen LogP contribution in [0, 0.1) is 0 Å². The predicted molar refractivity (Wildman–Crippen MR) is 68.6 cm³/mol. The van der Waals surface area contributed by atoms with Gasteiger partial charge in [0.05, 0.1) is 11.7 Å². The van der Waals surface area contributed by atoms with Crippen molar-refractivity contribution in [2.75, 3.05) is 6.54 Å². The maximum absolute atomic E-state index is 11.7. The Labute approximate surface area is 103 Å². The molecule has 1 amide bonds. The van der Waals surface area contributed by atoms with E-state index in [0.717, 1.165) is 12.2 Å². The summed E-state index contributed by atoms with van der Waals surface area (Å²) >= 11 is 0. The lowest BCUT2D eigenvalue weighted by Gasteiger charge is -2.16. The second-order valence-electron chi connectivity index (χ2n) is 4.21. The summed E-state index contributed by atoms with van der Waals surface area (Å²) in [4.78, 5) is 15.9. The number of aromatic nitrogens is 1. The van der Waals surface area contributed by atoms with Crippen LogP contribution in [0.5, 0.6) is 0 Å². The van der Waals surface area contributed by atoms with Gasteiger partial charge in [0, 0.05) is 18.7 Å². The second kappa shape index (κ2) is 7.01. The van der Waals surface area contributed by atoms with Gasteiger partial charge in [-0.2, -0.15) is 0 Å². The first kappa shape index (κ1) is 13.6. The summed E-state index contributed by atoms with van der Waals surface area (Å²) in [6.45, 7) is 6.86. The average Bonchev–Trinajstić information content (AvgIpc) is 2.30. The average molecular weight is 235 g/mol. The van der Waals surface area contributed by atoms with Gasteiger partial charge < -0.3 is 10.6 Å². The van der Waals surface area contributed by atoms with E-state index in [1.807, 2.05) is 39.0 Å². The maximum atomic E-state index is 11.7. The van der Waals surface area contributed by atoms with Gasteiger partial charge in [-0.15, -0.1) is 0 Å². The third-order valence-corrected chi connectivity index (χ3v) is 2.55. The summed E-state index contributed by atoms with van der Waals surface area (Å²) in [6.07, 6.45) is 2.23. The summed E-state index contributed by atoms with van der Waals surface area (Å²) in [6, 6.07) is 5.87. The molecule has 0 aromatic carbocycles. The molecule has 0 aliphatic rings. The van der Waals surface area contributed by atoms with Crippen molar-refractivity contribution >= 4 is 5.91 Å². The summed E-state index contributed by atoms with van der Waals surface area (Å²) in [5.41, 5.74) is 0.886. The Morgan fingerprint density at radius 1 is 1.41 bits per heavy atom. The van der Waals surface area contributed by atoms with Crippen molar-refractivity contribution in [2.45, 2.75) is 39.3 Å². The molecule has 0 aliphatic heterocycles. The second-order valence-corrected chi connectivity index (χ2v) is 4.21. The van der Waals surface area contributed by atoms with Gasteiger partial charge in [-0.05, 0) is 32.5 Å². The number of nitrogens with zero attached hydrogens (tertiary/aromatic N) is 1. The van der Waals surface area contributed by atoms with Crippen LogP contribution in [0.2, 0.25) is 0 Å². The highest BCUT2D eigenvalue weighted by Crippen LogP contribution is 2.08. The fourth-order valence-electron chi connectivity index (χ4n) is 1.71. The summed E-state index contributed by atoms with van der Waals surface area (Å²) in [7, 11) is 0. The SMILES string of the molecule is CCNC(C)CC(=O)N[C@H](C)c1ccccn1. The van der Waals surface area contributed by atoms with Crippen molar-refractivity contribution in [2.24, 2.45) is 0 Å². The first-order chi connectivity index (χ1) is 8.13. The number of carbonyl (C=O) groups excluding carboxylic acids is 1. The molecule has 94 valence electrons. The summed E-state index contributed by atoms with van der Waals surface area (Å²) in [5, 5.41) is 6.16. The van der Waals surface area contributed by atoms with Crippen LogP contribution in [0.15, 0.2) is 24.4 Å². The van der Waals surface area contributed by atoms with Crippen LogP contribution in [0.25, 0.3) is 0 Å². The minimum Gasteiger partial charge on any atom is -0.348 e. The van der Waals surface area contributed by atoms with Crippen LogP contribution >= 0.6 is 0 Å². The van der Waals surface area contributed by atoms with Gasteiger partial charge in [0.1, 0.15) is 0 Å². The highest BCUT2D eigenvalue weighted by Gasteiger charge is 2.12. The van der Waals surface area contributed by atoms with Crippen molar-refractivity contribution in [1.29, 1.82) is 0 Å². The molecule has 4 nitrogen and oxygen atoms in total. The lowest BCUT2D eigenvalue weighted by atomic mass is 10.2. The Balaban J connectivity index is 2.41. The van der Waals surface area contributed by atoms with Crippen LogP contribution in [0.3, 0.4) is 0 Å². The molecule has 2 N–H and O–H groups in total. The number of carbonyl (C=O) groups is 1. The highest BCUT2D eigenvalue weighted by molar-refractivity contribution is 5.76. The smallest absolute Gasteiger partial charge is 0.222 e. The Bertz CT molecular complexity index is 340. The van der Waals surface area contributed by atoms with Gasteiger partial charge in [-0.1, -0.05) is 13.0 Å². The molecule has 2 atom stereocenters. The Morgan fingerprint density at radius 3 is 2.76 bits per heavy atom. The number of hydrogen-bond acceptors (Lipinski definition) is 3. The molecule has 0 saturated heterocycles. The molecule has 1 unspecified atom stereocenters. The Hall–Kier alpha value is -1.42. The van der Waals surface area contributed by atoms with Crippen LogP contribution in [-0.4, -0.2) is 23.5 Å². The van der Waals surface area contributed by atoms with Gasteiger partial charge in [-0.25, -0.2) is 0 Å². The van der Waals surface area contributed by atoms with E-state index < -0.39 is 0 Å². The van der Waals surface area contributed by atoms with Crippen LogP contribution in [0.4, 0.5) is 0 Å². The highest BCUT2D eigenvalue weighted by atomic mass is 16.1. The molecule has 0 aliphatic carbocycles. The minimum atomic E-state index is -0.0440. The van der Waals surface area contributed by atoms with E-state index in [2.05, 4.69) is 15.6 Å². The quantitative estimate of drug-likeness (QED) is 0.788. The molecular weight excluding hydrogens is 214 g/mol. The van der Waals surface area contributed by atoms with E-state index in [4.69, 9.17) is 0 Å². The molecule has 0 spiro atoms. The van der Waals surface area contributed by atoms with E-state index in [0.29, 0.717) is 6.42 Å². The molecule has 0 saturated carbocycles. The standard InChI is InChI=1S/C13H21N3O/c1-4-14-10(2)9-13(17)16-11(3)12-7-5-6-8-15-12/h5-8,10-11,14H,4,9H2,1-3H3,(H,16,17)/t10?,11-/m1/s1. The molecule has 0 radical (unpaired) electrons. The van der Waals surface area contributed by atoms with E-state index in [9.17, 15) is 4.79 Å². The molecule has 1 aromatic rings. The summed E-state index contributed by atoms with van der Waals surface area (Å²) < 4.78 is 0. The van der Waals surface area contributed by atoms with Crippen molar-refractivity contribution < 1.29 is 4.79 Å². The number of amides is 1. The Kier molecular flexibility index (Phi) is 5.63. The van der Waals surface area contributed by atoms with Gasteiger partial charge in [0.15, 0.2) is 0 Å². The van der Waals surface area contributed by atoms with Gasteiger partial charge in [0.25, 0.3) is 0 Å². The summed E-state index contributed by atoms with van der Waals surface area (Å²) in [5.74, 6) is 0.0524. The van der Waals surface area contributed by atoms with Gasteiger partial charge in [0.2, 0.25) is 5.91 Å². The number of pyridine rings is 1. The molecular formula is C13H21N3O. The maximum Gasteiger partial charge on any atom is 0.222 e. The topological polar surface area (TPSA) is 54.0 Å². The first-order valence-electron chi connectivity index (χ1n) is 6.07. The van der Waals surface area contributed by atoms with E-state index in [1.54, 1.807) is 6.20 Å². The van der Waals surface area contributed by atoms with E-state index in [-0.39, 0.29) is 18.0 Å². The number of nitrogens with one attached hydrogen (secondary N) is 2. The molecule has 0 bridgehead atoms. The zero-order chi connectivity index (χ0) is 12.7. The van der Waals surface area contributed by atoms with Crippen molar-refractivity contribution in [1.82, 2.24) is 15.6 Å². The molecule has 17 heavy (non-hydrogen) atoms. The normalized spacial score (nSPS) is 14.1. The van der Waals surface area contributed by atoms with Crippen molar-refractivity contribution in [3.8, 4) is 0 Å². The minimum absolute atomic E-state index is 0.0440. The van der Waals surface area contributed by atoms with Gasteiger partial charge in [-0.3, -0.25) is 9.78 Å². The molecule has 1 aromatic heterocycles. The van der Waals surface area contributed by atoms with Crippen LogP contribution in [0.1, 0.15) is 38.9 Å². The fraction of sp³-hybridized carbons (Fsp3) is 0.538. The van der Waals surface area contributed by atoms with Gasteiger partial charge >= 0.3 is 0 Å². The molecule has 1 rings (SSSR count). The third kappa shape index (κ3) is 4.95.